The Kier molecular flexibility index (Phi) is 9.21. The molecule has 208 valence electrons. The van der Waals surface area contributed by atoms with Gasteiger partial charge in [-0.15, -0.1) is 0 Å². The molecule has 2 saturated heterocycles. The summed E-state index contributed by atoms with van der Waals surface area (Å²) in [5.41, 5.74) is 6.22. The van der Waals surface area contributed by atoms with Gasteiger partial charge < -0.3 is 30.0 Å². The second kappa shape index (κ2) is 12.8. The summed E-state index contributed by atoms with van der Waals surface area (Å²) in [7, 11) is 0. The SMILES string of the molecule is CC(C)Oc1ccc(C(O)=C2C(=O)C(=O)N(CCCN3CCOCC3)C2c2ccc(OCC(N)=O)cc2)cc1. The first-order valence-corrected chi connectivity index (χ1v) is 13.1. The van der Waals surface area contributed by atoms with Crippen LogP contribution in [0.4, 0.5) is 0 Å². The molecule has 10 heteroatoms. The molecule has 1 atom stereocenters. The summed E-state index contributed by atoms with van der Waals surface area (Å²) in [6.45, 7) is 7.66. The molecule has 0 bridgehead atoms. The van der Waals surface area contributed by atoms with Gasteiger partial charge in [0, 0.05) is 31.7 Å². The van der Waals surface area contributed by atoms with Crippen LogP contribution in [0.3, 0.4) is 0 Å². The summed E-state index contributed by atoms with van der Waals surface area (Å²) in [5, 5.41) is 11.3. The molecule has 0 saturated carbocycles. The third kappa shape index (κ3) is 6.96. The lowest BCUT2D eigenvalue weighted by molar-refractivity contribution is -0.140. The van der Waals surface area contributed by atoms with Crippen LogP contribution in [-0.4, -0.2) is 84.6 Å². The van der Waals surface area contributed by atoms with E-state index in [0.717, 1.165) is 19.6 Å². The molecule has 2 amide bonds. The number of rotatable bonds is 11. The van der Waals surface area contributed by atoms with Crippen LogP contribution >= 0.6 is 0 Å². The number of nitrogens with two attached hydrogens (primary N) is 1. The monoisotopic (exact) mass is 537 g/mol. The van der Waals surface area contributed by atoms with Gasteiger partial charge in [0.25, 0.3) is 17.6 Å². The molecule has 4 rings (SSSR count). The number of aliphatic hydroxyl groups excluding tert-OH is 1. The van der Waals surface area contributed by atoms with Gasteiger partial charge in [-0.25, -0.2) is 0 Å². The van der Waals surface area contributed by atoms with Crippen molar-refractivity contribution in [1.29, 1.82) is 0 Å². The minimum atomic E-state index is -0.786. The van der Waals surface area contributed by atoms with Crippen molar-refractivity contribution in [3.63, 3.8) is 0 Å². The van der Waals surface area contributed by atoms with E-state index in [4.69, 9.17) is 19.9 Å². The summed E-state index contributed by atoms with van der Waals surface area (Å²) in [5.74, 6) is -1.19. The Balaban J connectivity index is 1.64. The van der Waals surface area contributed by atoms with Gasteiger partial charge in [0.15, 0.2) is 6.61 Å². The molecule has 2 aliphatic rings. The third-order valence-corrected chi connectivity index (χ3v) is 6.59. The standard InChI is InChI=1S/C29H35N3O7/c1-19(2)39-23-10-6-21(7-11-23)27(34)25-26(20-4-8-22(9-5-20)38-18-24(30)33)32(29(36)28(25)35)13-3-12-31-14-16-37-17-15-31/h4-11,19,26,34H,3,12-18H2,1-2H3,(H2,30,33). The first-order chi connectivity index (χ1) is 18.7. The lowest BCUT2D eigenvalue weighted by atomic mass is 9.95. The fraction of sp³-hybridized carbons (Fsp3) is 0.414. The van der Waals surface area contributed by atoms with Crippen molar-refractivity contribution < 1.29 is 33.7 Å². The Labute approximate surface area is 227 Å². The highest BCUT2D eigenvalue weighted by molar-refractivity contribution is 6.46. The van der Waals surface area contributed by atoms with E-state index < -0.39 is 23.6 Å². The number of aliphatic hydroxyl groups is 1. The van der Waals surface area contributed by atoms with Crippen molar-refractivity contribution in [2.75, 3.05) is 46.0 Å². The molecule has 10 nitrogen and oxygen atoms in total. The molecule has 2 aromatic carbocycles. The van der Waals surface area contributed by atoms with Gasteiger partial charge in [-0.05, 0) is 62.2 Å². The van der Waals surface area contributed by atoms with Gasteiger partial charge in [-0.1, -0.05) is 12.1 Å². The molecule has 2 aromatic rings. The highest BCUT2D eigenvalue weighted by Crippen LogP contribution is 2.40. The number of ether oxygens (including phenoxy) is 3. The number of primary amides is 1. The van der Waals surface area contributed by atoms with E-state index in [9.17, 15) is 19.5 Å². The number of amides is 2. The Hall–Kier alpha value is -3.89. The smallest absolute Gasteiger partial charge is 0.295 e. The number of nitrogens with zero attached hydrogens (tertiary/aromatic N) is 2. The molecule has 3 N–H and O–H groups in total. The number of benzene rings is 2. The number of carbonyl (C=O) groups excluding carboxylic acids is 3. The summed E-state index contributed by atoms with van der Waals surface area (Å²) in [6, 6.07) is 12.7. The van der Waals surface area contributed by atoms with Crippen molar-refractivity contribution >= 4 is 23.4 Å². The number of carbonyl (C=O) groups is 3. The molecule has 0 spiro atoms. The van der Waals surface area contributed by atoms with E-state index in [-0.39, 0.29) is 24.0 Å². The van der Waals surface area contributed by atoms with Gasteiger partial charge in [0.1, 0.15) is 17.3 Å². The largest absolute Gasteiger partial charge is 0.507 e. The van der Waals surface area contributed by atoms with Crippen LogP contribution in [0.15, 0.2) is 54.1 Å². The summed E-state index contributed by atoms with van der Waals surface area (Å²) in [4.78, 5) is 41.4. The van der Waals surface area contributed by atoms with E-state index >= 15 is 0 Å². The Morgan fingerprint density at radius 1 is 1.03 bits per heavy atom. The zero-order valence-corrected chi connectivity index (χ0v) is 22.3. The van der Waals surface area contributed by atoms with Crippen LogP contribution in [0.5, 0.6) is 11.5 Å². The number of hydrogen-bond donors (Lipinski definition) is 2. The van der Waals surface area contributed by atoms with Crippen molar-refractivity contribution in [2.45, 2.75) is 32.4 Å². The Morgan fingerprint density at radius 2 is 1.67 bits per heavy atom. The molecular formula is C29H35N3O7. The first-order valence-electron chi connectivity index (χ1n) is 13.1. The van der Waals surface area contributed by atoms with Crippen LogP contribution < -0.4 is 15.2 Å². The van der Waals surface area contributed by atoms with Crippen LogP contribution in [0.2, 0.25) is 0 Å². The quantitative estimate of drug-likeness (QED) is 0.254. The lowest BCUT2D eigenvalue weighted by Crippen LogP contribution is -2.38. The van der Waals surface area contributed by atoms with Crippen molar-refractivity contribution in [2.24, 2.45) is 5.73 Å². The third-order valence-electron chi connectivity index (χ3n) is 6.59. The maximum atomic E-state index is 13.3. The number of ketones is 1. The molecule has 39 heavy (non-hydrogen) atoms. The van der Waals surface area contributed by atoms with Crippen molar-refractivity contribution in [3.05, 3.63) is 65.2 Å². The van der Waals surface area contributed by atoms with Crippen LogP contribution in [-0.2, 0) is 19.1 Å². The van der Waals surface area contributed by atoms with E-state index in [1.807, 2.05) is 13.8 Å². The summed E-state index contributed by atoms with van der Waals surface area (Å²) >= 11 is 0. The van der Waals surface area contributed by atoms with Gasteiger partial charge >= 0.3 is 0 Å². The number of hydrogen-bond acceptors (Lipinski definition) is 8. The Bertz CT molecular complexity index is 1200. The Morgan fingerprint density at radius 3 is 2.28 bits per heavy atom. The molecule has 0 aliphatic carbocycles. The predicted molar refractivity (Wildman–Crippen MR) is 144 cm³/mol. The van der Waals surface area contributed by atoms with E-state index in [1.165, 1.54) is 4.90 Å². The van der Waals surface area contributed by atoms with Crippen LogP contribution in [0.25, 0.3) is 5.76 Å². The lowest BCUT2D eigenvalue weighted by Gasteiger charge is -2.29. The van der Waals surface area contributed by atoms with Gasteiger partial charge in [-0.3, -0.25) is 19.3 Å². The molecule has 0 radical (unpaired) electrons. The minimum Gasteiger partial charge on any atom is -0.507 e. The minimum absolute atomic E-state index is 0.0119. The summed E-state index contributed by atoms with van der Waals surface area (Å²) < 4.78 is 16.4. The zero-order valence-electron chi connectivity index (χ0n) is 22.3. The fourth-order valence-electron chi connectivity index (χ4n) is 4.77. The van der Waals surface area contributed by atoms with Crippen molar-refractivity contribution in [3.8, 4) is 11.5 Å². The molecule has 0 aromatic heterocycles. The fourth-order valence-corrected chi connectivity index (χ4v) is 4.77. The second-order valence-electron chi connectivity index (χ2n) is 9.82. The van der Waals surface area contributed by atoms with Gasteiger partial charge in [-0.2, -0.15) is 0 Å². The second-order valence-corrected chi connectivity index (χ2v) is 9.82. The van der Waals surface area contributed by atoms with E-state index in [2.05, 4.69) is 4.90 Å². The molecule has 2 fully saturated rings. The summed E-state index contributed by atoms with van der Waals surface area (Å²) in [6.07, 6.45) is 0.645. The predicted octanol–water partition coefficient (Wildman–Crippen LogP) is 2.48. The van der Waals surface area contributed by atoms with Gasteiger partial charge in [0.05, 0.1) is 30.9 Å². The molecule has 2 aliphatic heterocycles. The van der Waals surface area contributed by atoms with Gasteiger partial charge in [0.2, 0.25) is 0 Å². The zero-order chi connectivity index (χ0) is 27.9. The normalized spacial score (nSPS) is 19.5. The topological polar surface area (TPSA) is 132 Å². The number of likely N-dealkylation sites (tertiary alicyclic amines) is 1. The number of Topliss-reactive ketones (excluding diaryl/α,β-unsaturated/α-hetero) is 1. The van der Waals surface area contributed by atoms with E-state index in [0.29, 0.717) is 48.8 Å². The first kappa shape index (κ1) is 28.1. The van der Waals surface area contributed by atoms with Crippen LogP contribution in [0, 0.1) is 0 Å². The van der Waals surface area contributed by atoms with Crippen LogP contribution in [0.1, 0.15) is 37.4 Å². The molecular weight excluding hydrogens is 502 g/mol. The maximum absolute atomic E-state index is 13.3. The highest BCUT2D eigenvalue weighted by Gasteiger charge is 2.45. The van der Waals surface area contributed by atoms with Crippen molar-refractivity contribution in [1.82, 2.24) is 9.80 Å². The highest BCUT2D eigenvalue weighted by atomic mass is 16.5. The average Bonchev–Trinajstić information content (AvgIpc) is 3.17. The molecule has 1 unspecified atom stereocenters. The van der Waals surface area contributed by atoms with E-state index in [1.54, 1.807) is 48.5 Å². The maximum Gasteiger partial charge on any atom is 0.295 e. The number of morpholine rings is 1. The average molecular weight is 538 g/mol. The molecule has 2 heterocycles.